The van der Waals surface area contributed by atoms with Crippen molar-refractivity contribution in [3.05, 3.63) is 29.8 Å². The zero-order valence-electron chi connectivity index (χ0n) is 11.3. The third-order valence-electron chi connectivity index (χ3n) is 2.07. The second-order valence-corrected chi connectivity index (χ2v) is 4.98. The summed E-state index contributed by atoms with van der Waals surface area (Å²) in [5.74, 6) is 0.0762. The van der Waals surface area contributed by atoms with Gasteiger partial charge in [-0.3, -0.25) is 5.32 Å². The van der Waals surface area contributed by atoms with E-state index in [1.165, 1.54) is 18.2 Å². The first-order chi connectivity index (χ1) is 8.81. The Bertz CT molecular complexity index is 475. The molecule has 0 bridgehead atoms. The topological polar surface area (TPSA) is 78.8 Å². The Hall–Kier alpha value is -2.01. The molecule has 1 aromatic rings. The number of phenolic OH excluding ortho intramolecular Hbond substituents is 1. The third-order valence-corrected chi connectivity index (χ3v) is 2.07. The van der Waals surface area contributed by atoms with Crippen molar-refractivity contribution in [2.24, 2.45) is 0 Å². The fourth-order valence-electron chi connectivity index (χ4n) is 1.40. The molecule has 0 atom stereocenters. The number of hydrogen-bond acceptors (Lipinski definition) is 4. The van der Waals surface area contributed by atoms with E-state index in [1.807, 2.05) is 0 Å². The van der Waals surface area contributed by atoms with Gasteiger partial charge in [0, 0.05) is 5.56 Å². The molecule has 0 unspecified atom stereocenters. The number of ether oxygens (including phenoxy) is 1. The van der Waals surface area contributed by atoms with Gasteiger partial charge in [0.25, 0.3) is 0 Å². The van der Waals surface area contributed by atoms with Gasteiger partial charge in [0.1, 0.15) is 11.4 Å². The molecular weight excluding hydrogens is 246 g/mol. The Labute approximate surface area is 112 Å². The van der Waals surface area contributed by atoms with Crippen LogP contribution in [0.15, 0.2) is 24.3 Å². The van der Waals surface area contributed by atoms with E-state index in [1.54, 1.807) is 32.9 Å². The average molecular weight is 265 g/mol. The maximum absolute atomic E-state index is 11.7. The number of aliphatic hydroxyl groups excluding tert-OH is 1. The van der Waals surface area contributed by atoms with Crippen LogP contribution in [-0.4, -0.2) is 28.5 Å². The zero-order valence-corrected chi connectivity index (χ0v) is 11.3. The lowest BCUT2D eigenvalue weighted by Crippen LogP contribution is -2.27. The van der Waals surface area contributed by atoms with Crippen LogP contribution in [0.1, 0.15) is 26.3 Å². The first kappa shape index (κ1) is 15.0. The van der Waals surface area contributed by atoms with Crippen molar-refractivity contribution in [3.63, 3.8) is 0 Å². The van der Waals surface area contributed by atoms with Gasteiger partial charge in [-0.05, 0) is 39.0 Å². The lowest BCUT2D eigenvalue weighted by atomic mass is 10.1. The quantitative estimate of drug-likeness (QED) is 0.734. The van der Waals surface area contributed by atoms with Crippen molar-refractivity contribution < 1.29 is 19.7 Å². The van der Waals surface area contributed by atoms with Crippen molar-refractivity contribution in [3.8, 4) is 5.75 Å². The van der Waals surface area contributed by atoms with Gasteiger partial charge in [-0.2, -0.15) is 0 Å². The molecule has 5 heteroatoms. The van der Waals surface area contributed by atoms with Crippen LogP contribution in [0.3, 0.4) is 0 Å². The molecule has 0 fully saturated rings. The van der Waals surface area contributed by atoms with E-state index >= 15 is 0 Å². The standard InChI is InChI=1S/C14H19NO4/c1-14(2,3)19-13(18)15-12-7-6-11(17)9-10(12)5-4-8-16/h4-7,9,16-17H,8H2,1-3H3,(H,15,18)/b5-4+. The molecule has 0 aliphatic rings. The van der Waals surface area contributed by atoms with E-state index in [9.17, 15) is 9.90 Å². The fraction of sp³-hybridized carbons (Fsp3) is 0.357. The van der Waals surface area contributed by atoms with Gasteiger partial charge < -0.3 is 14.9 Å². The molecule has 0 spiro atoms. The first-order valence-electron chi connectivity index (χ1n) is 5.92. The molecule has 3 N–H and O–H groups in total. The maximum atomic E-state index is 11.7. The van der Waals surface area contributed by atoms with Crippen LogP contribution >= 0.6 is 0 Å². The number of phenols is 1. The maximum Gasteiger partial charge on any atom is 0.412 e. The molecule has 0 aliphatic heterocycles. The molecule has 19 heavy (non-hydrogen) atoms. The molecule has 0 aliphatic carbocycles. The summed E-state index contributed by atoms with van der Waals surface area (Å²) in [5, 5.41) is 20.8. The highest BCUT2D eigenvalue weighted by Gasteiger charge is 2.16. The van der Waals surface area contributed by atoms with E-state index in [-0.39, 0.29) is 12.4 Å². The summed E-state index contributed by atoms with van der Waals surface area (Å²) in [4.78, 5) is 11.7. The Morgan fingerprint density at radius 1 is 1.42 bits per heavy atom. The van der Waals surface area contributed by atoms with Gasteiger partial charge in [-0.25, -0.2) is 4.79 Å². The summed E-state index contributed by atoms with van der Waals surface area (Å²) < 4.78 is 5.15. The van der Waals surface area contributed by atoms with Crippen molar-refractivity contribution in [1.82, 2.24) is 0 Å². The van der Waals surface area contributed by atoms with Gasteiger partial charge in [0.2, 0.25) is 0 Å². The fourth-order valence-corrected chi connectivity index (χ4v) is 1.40. The van der Waals surface area contributed by atoms with Crippen LogP contribution in [0, 0.1) is 0 Å². The van der Waals surface area contributed by atoms with Gasteiger partial charge in [-0.1, -0.05) is 12.2 Å². The van der Waals surface area contributed by atoms with Crippen molar-refractivity contribution in [1.29, 1.82) is 0 Å². The SMILES string of the molecule is CC(C)(C)OC(=O)Nc1ccc(O)cc1/C=C/CO. The number of hydrogen-bond donors (Lipinski definition) is 3. The molecule has 0 saturated carbocycles. The van der Waals surface area contributed by atoms with E-state index in [0.717, 1.165) is 0 Å². The largest absolute Gasteiger partial charge is 0.508 e. The van der Waals surface area contributed by atoms with Crippen molar-refractivity contribution >= 4 is 17.9 Å². The molecule has 0 saturated heterocycles. The smallest absolute Gasteiger partial charge is 0.412 e. The number of nitrogens with one attached hydrogen (secondary N) is 1. The molecule has 1 rings (SSSR count). The number of aromatic hydroxyl groups is 1. The minimum absolute atomic E-state index is 0.0762. The predicted molar refractivity (Wildman–Crippen MR) is 74.1 cm³/mol. The van der Waals surface area contributed by atoms with Crippen LogP contribution in [0.5, 0.6) is 5.75 Å². The summed E-state index contributed by atoms with van der Waals surface area (Å²) >= 11 is 0. The molecule has 0 aromatic heterocycles. The Morgan fingerprint density at radius 3 is 2.68 bits per heavy atom. The monoisotopic (exact) mass is 265 g/mol. The Kier molecular flexibility index (Phi) is 4.94. The minimum Gasteiger partial charge on any atom is -0.508 e. The lowest BCUT2D eigenvalue weighted by Gasteiger charge is -2.20. The molecule has 0 radical (unpaired) electrons. The van der Waals surface area contributed by atoms with E-state index in [2.05, 4.69) is 5.32 Å². The van der Waals surface area contributed by atoms with Crippen LogP contribution in [0.2, 0.25) is 0 Å². The van der Waals surface area contributed by atoms with Gasteiger partial charge in [0.05, 0.1) is 12.3 Å². The zero-order chi connectivity index (χ0) is 14.5. The summed E-state index contributed by atoms with van der Waals surface area (Å²) in [5.41, 5.74) is 0.499. The summed E-state index contributed by atoms with van der Waals surface area (Å²) in [6.45, 7) is 5.20. The highest BCUT2D eigenvalue weighted by atomic mass is 16.6. The van der Waals surface area contributed by atoms with Crippen LogP contribution in [-0.2, 0) is 4.74 Å². The van der Waals surface area contributed by atoms with Gasteiger partial charge >= 0.3 is 6.09 Å². The molecule has 1 aromatic carbocycles. The van der Waals surface area contributed by atoms with Gasteiger partial charge in [-0.15, -0.1) is 0 Å². The Morgan fingerprint density at radius 2 is 2.11 bits per heavy atom. The van der Waals surface area contributed by atoms with Crippen LogP contribution < -0.4 is 5.32 Å². The average Bonchev–Trinajstić information content (AvgIpc) is 2.27. The minimum atomic E-state index is -0.581. The van der Waals surface area contributed by atoms with Crippen molar-refractivity contribution in [2.45, 2.75) is 26.4 Å². The third kappa shape index (κ3) is 5.44. The lowest BCUT2D eigenvalue weighted by molar-refractivity contribution is 0.0636. The second-order valence-electron chi connectivity index (χ2n) is 4.98. The van der Waals surface area contributed by atoms with Gasteiger partial charge in [0.15, 0.2) is 0 Å². The normalized spacial score (nSPS) is 11.6. The molecule has 1 amide bonds. The number of amides is 1. The predicted octanol–water partition coefficient (Wildman–Crippen LogP) is 2.74. The van der Waals surface area contributed by atoms with E-state index in [4.69, 9.17) is 9.84 Å². The molecule has 5 nitrogen and oxygen atoms in total. The van der Waals surface area contributed by atoms with Crippen LogP contribution in [0.25, 0.3) is 6.08 Å². The number of carbonyl (C=O) groups is 1. The van der Waals surface area contributed by atoms with E-state index < -0.39 is 11.7 Å². The highest BCUT2D eigenvalue weighted by molar-refractivity contribution is 5.88. The second kappa shape index (κ2) is 6.24. The first-order valence-corrected chi connectivity index (χ1v) is 5.92. The Balaban J connectivity index is 2.88. The molecular formula is C14H19NO4. The number of aliphatic hydroxyl groups is 1. The molecule has 0 heterocycles. The number of benzene rings is 1. The summed E-state index contributed by atoms with van der Waals surface area (Å²) in [6, 6.07) is 4.51. The highest BCUT2D eigenvalue weighted by Crippen LogP contribution is 2.23. The number of anilines is 1. The summed E-state index contributed by atoms with van der Waals surface area (Å²) in [7, 11) is 0. The van der Waals surface area contributed by atoms with E-state index in [0.29, 0.717) is 11.3 Å². The molecule has 104 valence electrons. The number of carbonyl (C=O) groups excluding carboxylic acids is 1. The van der Waals surface area contributed by atoms with Crippen molar-refractivity contribution in [2.75, 3.05) is 11.9 Å². The van der Waals surface area contributed by atoms with Crippen LogP contribution in [0.4, 0.5) is 10.5 Å². The number of rotatable bonds is 3. The summed E-state index contributed by atoms with van der Waals surface area (Å²) in [6.07, 6.45) is 2.54.